The molecule has 0 aliphatic carbocycles. The minimum atomic E-state index is 0.860. The summed E-state index contributed by atoms with van der Waals surface area (Å²) in [4.78, 5) is 0. The lowest BCUT2D eigenvalue weighted by atomic mass is 10.1. The van der Waals surface area contributed by atoms with Crippen molar-refractivity contribution >= 4 is 11.0 Å². The van der Waals surface area contributed by atoms with Crippen LogP contribution in [0.2, 0.25) is 0 Å². The van der Waals surface area contributed by atoms with Gasteiger partial charge in [0.05, 0.1) is 17.4 Å². The first-order chi connectivity index (χ1) is 12.9. The minimum absolute atomic E-state index is 0.860. The van der Waals surface area contributed by atoms with Crippen LogP contribution in [0, 0.1) is 0 Å². The van der Waals surface area contributed by atoms with Gasteiger partial charge in [-0.3, -0.25) is 0 Å². The normalized spacial score (nSPS) is 11.1. The summed E-state index contributed by atoms with van der Waals surface area (Å²) in [5.74, 6) is 0. The molecule has 0 saturated heterocycles. The third-order valence-corrected chi connectivity index (χ3v) is 4.34. The topological polar surface area (TPSA) is 48.5 Å². The summed E-state index contributed by atoms with van der Waals surface area (Å²) in [5.41, 5.74) is 5.62. The molecule has 0 radical (unpaired) electrons. The van der Waals surface area contributed by atoms with Crippen molar-refractivity contribution in [3.8, 4) is 22.6 Å². The van der Waals surface area contributed by atoms with Crippen LogP contribution >= 0.6 is 0 Å². The van der Waals surface area contributed by atoms with Gasteiger partial charge in [0.2, 0.25) is 0 Å². The van der Waals surface area contributed by atoms with Gasteiger partial charge in [-0.15, -0.1) is 5.10 Å². The lowest BCUT2D eigenvalue weighted by molar-refractivity contribution is 0.823. The van der Waals surface area contributed by atoms with E-state index in [1.807, 2.05) is 88.4 Å². The van der Waals surface area contributed by atoms with Crippen LogP contribution in [-0.2, 0) is 0 Å². The van der Waals surface area contributed by atoms with E-state index in [0.717, 1.165) is 33.7 Å². The molecule has 5 rings (SSSR count). The van der Waals surface area contributed by atoms with E-state index in [9.17, 15) is 0 Å². The Morgan fingerprint density at radius 3 is 2.19 bits per heavy atom. The highest BCUT2D eigenvalue weighted by Gasteiger charge is 2.17. The second-order valence-electron chi connectivity index (χ2n) is 6.00. The minimum Gasteiger partial charge on any atom is -0.238 e. The summed E-state index contributed by atoms with van der Waals surface area (Å²) >= 11 is 0. The fourth-order valence-corrected chi connectivity index (χ4v) is 3.08. The molecule has 2 aromatic heterocycles. The smallest absolute Gasteiger partial charge is 0.119 e. The van der Waals surface area contributed by atoms with Crippen LogP contribution in [0.5, 0.6) is 0 Å². The number of aromatic nitrogens is 5. The van der Waals surface area contributed by atoms with Crippen molar-refractivity contribution in [3.05, 3.63) is 91.1 Å². The van der Waals surface area contributed by atoms with Crippen molar-refractivity contribution in [1.29, 1.82) is 0 Å². The largest absolute Gasteiger partial charge is 0.238 e. The summed E-state index contributed by atoms with van der Waals surface area (Å²) < 4.78 is 3.73. The molecular weight excluding hydrogens is 322 g/mol. The molecule has 5 aromatic rings. The van der Waals surface area contributed by atoms with Crippen LogP contribution in [0.25, 0.3) is 33.7 Å². The molecule has 5 nitrogen and oxygen atoms in total. The first-order valence-electron chi connectivity index (χ1n) is 8.41. The Kier molecular flexibility index (Phi) is 3.35. The van der Waals surface area contributed by atoms with Gasteiger partial charge in [0, 0.05) is 5.56 Å². The molecule has 124 valence electrons. The van der Waals surface area contributed by atoms with Gasteiger partial charge < -0.3 is 0 Å². The molecule has 26 heavy (non-hydrogen) atoms. The molecule has 0 N–H and O–H groups in total. The quantitative estimate of drug-likeness (QED) is 0.494. The van der Waals surface area contributed by atoms with Gasteiger partial charge in [0.1, 0.15) is 16.9 Å². The van der Waals surface area contributed by atoms with E-state index in [4.69, 9.17) is 5.10 Å². The maximum Gasteiger partial charge on any atom is 0.119 e. The molecule has 0 aliphatic rings. The predicted molar refractivity (Wildman–Crippen MR) is 101 cm³/mol. The zero-order chi connectivity index (χ0) is 17.3. The van der Waals surface area contributed by atoms with Crippen LogP contribution in [0.4, 0.5) is 0 Å². The number of hydrogen-bond donors (Lipinski definition) is 0. The van der Waals surface area contributed by atoms with Crippen molar-refractivity contribution in [2.45, 2.75) is 0 Å². The molecule has 2 heterocycles. The second kappa shape index (κ2) is 5.97. The highest BCUT2D eigenvalue weighted by molar-refractivity contribution is 5.79. The Bertz CT molecular complexity index is 1170. The number of para-hydroxylation sites is 2. The van der Waals surface area contributed by atoms with Crippen molar-refractivity contribution in [2.75, 3.05) is 0 Å². The first-order valence-corrected chi connectivity index (χ1v) is 8.41. The lowest BCUT2D eigenvalue weighted by Crippen LogP contribution is -1.97. The average Bonchev–Trinajstić information content (AvgIpc) is 3.34. The number of nitrogens with zero attached hydrogens (tertiary/aromatic N) is 5. The molecule has 0 aliphatic heterocycles. The number of rotatable bonds is 3. The maximum absolute atomic E-state index is 4.84. The average molecular weight is 337 g/mol. The standard InChI is InChI=1S/C21H15N5/c1-3-9-16(10-4-1)21-20(15-25(23-21)17-11-5-2-6-12-17)26-19-14-8-7-13-18(19)22-24-26/h1-15H. The van der Waals surface area contributed by atoms with Gasteiger partial charge in [-0.25, -0.2) is 9.36 Å². The highest BCUT2D eigenvalue weighted by atomic mass is 15.4. The molecular formula is C21H15N5. The van der Waals surface area contributed by atoms with E-state index in [-0.39, 0.29) is 0 Å². The summed E-state index contributed by atoms with van der Waals surface area (Å²) in [6.07, 6.45) is 2.00. The van der Waals surface area contributed by atoms with E-state index in [2.05, 4.69) is 22.4 Å². The molecule has 0 unspecified atom stereocenters. The Hall–Kier alpha value is -3.73. The second-order valence-corrected chi connectivity index (χ2v) is 6.00. The third kappa shape index (κ3) is 2.38. The molecule has 0 atom stereocenters. The number of fused-ring (bicyclic) bond motifs is 1. The monoisotopic (exact) mass is 337 g/mol. The zero-order valence-corrected chi connectivity index (χ0v) is 13.9. The summed E-state index contributed by atoms with van der Waals surface area (Å²) in [6, 6.07) is 28.1. The summed E-state index contributed by atoms with van der Waals surface area (Å²) in [5, 5.41) is 13.5. The van der Waals surface area contributed by atoms with Crippen LogP contribution in [0.15, 0.2) is 91.1 Å². The maximum atomic E-state index is 4.84. The molecule has 5 heteroatoms. The van der Waals surface area contributed by atoms with E-state index in [1.165, 1.54) is 0 Å². The zero-order valence-electron chi connectivity index (χ0n) is 13.9. The third-order valence-electron chi connectivity index (χ3n) is 4.34. The van der Waals surface area contributed by atoms with Gasteiger partial charge in [-0.05, 0) is 24.3 Å². The van der Waals surface area contributed by atoms with Crippen molar-refractivity contribution in [3.63, 3.8) is 0 Å². The Labute approximate surface area is 150 Å². The number of benzene rings is 3. The van der Waals surface area contributed by atoms with Gasteiger partial charge >= 0.3 is 0 Å². The fraction of sp³-hybridized carbons (Fsp3) is 0. The van der Waals surface area contributed by atoms with Crippen LogP contribution < -0.4 is 0 Å². The summed E-state index contributed by atoms with van der Waals surface area (Å²) in [7, 11) is 0. The number of hydrogen-bond acceptors (Lipinski definition) is 3. The highest BCUT2D eigenvalue weighted by Crippen LogP contribution is 2.28. The van der Waals surface area contributed by atoms with E-state index < -0.39 is 0 Å². The molecule has 3 aromatic carbocycles. The van der Waals surface area contributed by atoms with Crippen molar-refractivity contribution < 1.29 is 0 Å². The lowest BCUT2D eigenvalue weighted by Gasteiger charge is -2.02. The SMILES string of the molecule is c1ccc(-c2nn(-c3ccccc3)cc2-n2nnc3ccccc32)cc1. The molecule has 0 saturated carbocycles. The van der Waals surface area contributed by atoms with E-state index >= 15 is 0 Å². The van der Waals surface area contributed by atoms with Crippen LogP contribution in [0.3, 0.4) is 0 Å². The Morgan fingerprint density at radius 2 is 1.38 bits per heavy atom. The predicted octanol–water partition coefficient (Wildman–Crippen LogP) is 4.27. The van der Waals surface area contributed by atoms with Gasteiger partial charge in [0.15, 0.2) is 0 Å². The van der Waals surface area contributed by atoms with E-state index in [1.54, 1.807) is 0 Å². The fourth-order valence-electron chi connectivity index (χ4n) is 3.08. The van der Waals surface area contributed by atoms with Gasteiger partial charge in [-0.2, -0.15) is 5.10 Å². The summed E-state index contributed by atoms with van der Waals surface area (Å²) in [6.45, 7) is 0. The van der Waals surface area contributed by atoms with Crippen LogP contribution in [0.1, 0.15) is 0 Å². The Morgan fingerprint density at radius 1 is 0.692 bits per heavy atom. The van der Waals surface area contributed by atoms with Gasteiger partial charge in [0.25, 0.3) is 0 Å². The van der Waals surface area contributed by atoms with Crippen LogP contribution in [-0.4, -0.2) is 24.8 Å². The molecule has 0 spiro atoms. The molecule has 0 amide bonds. The molecule has 0 fully saturated rings. The van der Waals surface area contributed by atoms with E-state index in [0.29, 0.717) is 0 Å². The molecule has 0 bridgehead atoms. The van der Waals surface area contributed by atoms with Crippen molar-refractivity contribution in [1.82, 2.24) is 24.8 Å². The van der Waals surface area contributed by atoms with Crippen molar-refractivity contribution in [2.24, 2.45) is 0 Å². The first kappa shape index (κ1) is 14.6. The van der Waals surface area contributed by atoms with Gasteiger partial charge in [-0.1, -0.05) is 65.9 Å². The Balaban J connectivity index is 1.77.